The van der Waals surface area contributed by atoms with E-state index in [-0.39, 0.29) is 11.0 Å². The van der Waals surface area contributed by atoms with E-state index in [1.54, 1.807) is 0 Å². The molecule has 0 amide bonds. The summed E-state index contributed by atoms with van der Waals surface area (Å²) in [5.41, 5.74) is -0.224. The van der Waals surface area contributed by atoms with E-state index in [1.165, 1.54) is 0 Å². The smallest absolute Gasteiger partial charge is 0.120 e. The van der Waals surface area contributed by atoms with E-state index in [0.717, 1.165) is 12.4 Å². The molecule has 0 N–H and O–H groups in total. The van der Waals surface area contributed by atoms with Gasteiger partial charge in [0, 0.05) is 5.41 Å². The first kappa shape index (κ1) is 11.5. The van der Waals surface area contributed by atoms with Gasteiger partial charge in [0.1, 0.15) is 11.4 Å². The fourth-order valence-electron chi connectivity index (χ4n) is 1.77. The molecule has 1 aliphatic rings. The third kappa shape index (κ3) is 2.07. The second-order valence-corrected chi connectivity index (χ2v) is 5.47. The van der Waals surface area contributed by atoms with Gasteiger partial charge >= 0.3 is 0 Å². The lowest BCUT2D eigenvalue weighted by molar-refractivity contribution is -0.0268. The molecule has 1 fully saturated rings. The molecule has 1 atom stereocenters. The predicted molar refractivity (Wildman–Crippen MR) is 64.7 cm³/mol. The number of benzene rings is 1. The Morgan fingerprint density at radius 2 is 1.69 bits per heavy atom. The Kier molecular flexibility index (Phi) is 2.70. The molecule has 0 saturated carbocycles. The van der Waals surface area contributed by atoms with Gasteiger partial charge in [0.05, 0.1) is 12.7 Å². The van der Waals surface area contributed by atoms with Crippen LogP contribution in [0.4, 0.5) is 0 Å². The largest absolute Gasteiger partial charge is 0.487 e. The van der Waals surface area contributed by atoms with Crippen molar-refractivity contribution < 1.29 is 9.47 Å². The molecule has 0 aliphatic carbocycles. The highest BCUT2D eigenvalue weighted by atomic mass is 16.6. The SMILES string of the molecule is CC(C)(Oc1ccccc1)C(C)(C)C1CO1. The summed E-state index contributed by atoms with van der Waals surface area (Å²) >= 11 is 0. The van der Waals surface area contributed by atoms with Crippen LogP contribution in [-0.2, 0) is 4.74 Å². The number of hydrogen-bond acceptors (Lipinski definition) is 2. The van der Waals surface area contributed by atoms with Gasteiger partial charge in [0.15, 0.2) is 0 Å². The van der Waals surface area contributed by atoms with Crippen LogP contribution >= 0.6 is 0 Å². The molecule has 0 spiro atoms. The van der Waals surface area contributed by atoms with Crippen LogP contribution in [0.15, 0.2) is 30.3 Å². The minimum absolute atomic E-state index is 0.0167. The molecule has 0 aromatic heterocycles. The van der Waals surface area contributed by atoms with Gasteiger partial charge in [0.2, 0.25) is 0 Å². The molecule has 0 bridgehead atoms. The van der Waals surface area contributed by atoms with E-state index in [2.05, 4.69) is 27.7 Å². The molecule has 2 rings (SSSR count). The van der Waals surface area contributed by atoms with Gasteiger partial charge in [-0.1, -0.05) is 32.0 Å². The summed E-state index contributed by atoms with van der Waals surface area (Å²) in [4.78, 5) is 0. The molecule has 1 unspecified atom stereocenters. The molecule has 16 heavy (non-hydrogen) atoms. The second kappa shape index (κ2) is 3.77. The van der Waals surface area contributed by atoms with Crippen molar-refractivity contribution in [2.75, 3.05) is 6.61 Å². The highest BCUT2D eigenvalue weighted by Crippen LogP contribution is 2.43. The number of hydrogen-bond donors (Lipinski definition) is 0. The van der Waals surface area contributed by atoms with Crippen LogP contribution in [0.5, 0.6) is 5.75 Å². The lowest BCUT2D eigenvalue weighted by atomic mass is 9.74. The Bertz CT molecular complexity index is 350. The lowest BCUT2D eigenvalue weighted by Gasteiger charge is -2.40. The molecule has 2 nitrogen and oxygen atoms in total. The maximum Gasteiger partial charge on any atom is 0.120 e. The standard InChI is InChI=1S/C14H20O2/c1-13(2,12-10-15-12)14(3,4)16-11-8-6-5-7-9-11/h5-9,12H,10H2,1-4H3. The van der Waals surface area contributed by atoms with E-state index in [0.29, 0.717) is 6.10 Å². The Morgan fingerprint density at radius 3 is 2.19 bits per heavy atom. The van der Waals surface area contributed by atoms with Crippen molar-refractivity contribution in [2.45, 2.75) is 39.4 Å². The Hall–Kier alpha value is -1.02. The average Bonchev–Trinajstić information content (AvgIpc) is 3.01. The first-order valence-corrected chi connectivity index (χ1v) is 5.79. The highest BCUT2D eigenvalue weighted by molar-refractivity contribution is 5.22. The van der Waals surface area contributed by atoms with Gasteiger partial charge < -0.3 is 9.47 Å². The Morgan fingerprint density at radius 1 is 1.12 bits per heavy atom. The maximum atomic E-state index is 6.09. The summed E-state index contributed by atoms with van der Waals surface area (Å²) in [5.74, 6) is 0.918. The minimum atomic E-state index is -0.241. The Balaban J connectivity index is 2.13. The third-order valence-electron chi connectivity index (χ3n) is 3.81. The fourth-order valence-corrected chi connectivity index (χ4v) is 1.77. The Labute approximate surface area is 97.6 Å². The molecule has 2 heteroatoms. The normalized spacial score (nSPS) is 20.6. The zero-order chi connectivity index (χ0) is 11.8. The van der Waals surface area contributed by atoms with Crippen molar-refractivity contribution in [3.63, 3.8) is 0 Å². The number of epoxide rings is 1. The molecule has 88 valence electrons. The van der Waals surface area contributed by atoms with Crippen LogP contribution in [0.2, 0.25) is 0 Å². The first-order valence-electron chi connectivity index (χ1n) is 5.79. The summed E-state index contributed by atoms with van der Waals surface area (Å²) in [6.07, 6.45) is 0.325. The summed E-state index contributed by atoms with van der Waals surface area (Å²) in [5, 5.41) is 0. The molecule has 0 radical (unpaired) electrons. The number of para-hydroxylation sites is 1. The molecular weight excluding hydrogens is 200 g/mol. The highest BCUT2D eigenvalue weighted by Gasteiger charge is 2.51. The topological polar surface area (TPSA) is 21.8 Å². The lowest BCUT2D eigenvalue weighted by Crippen LogP contribution is -2.47. The van der Waals surface area contributed by atoms with E-state index in [9.17, 15) is 0 Å². The average molecular weight is 220 g/mol. The fraction of sp³-hybridized carbons (Fsp3) is 0.571. The van der Waals surface area contributed by atoms with Gasteiger partial charge in [-0.25, -0.2) is 0 Å². The predicted octanol–water partition coefficient (Wildman–Crippen LogP) is 3.27. The zero-order valence-electron chi connectivity index (χ0n) is 10.5. The van der Waals surface area contributed by atoms with Gasteiger partial charge in [-0.2, -0.15) is 0 Å². The van der Waals surface area contributed by atoms with Crippen molar-refractivity contribution in [1.29, 1.82) is 0 Å². The van der Waals surface area contributed by atoms with Crippen LogP contribution in [0, 0.1) is 5.41 Å². The maximum absolute atomic E-state index is 6.09. The van der Waals surface area contributed by atoms with Crippen molar-refractivity contribution in [3.8, 4) is 5.75 Å². The summed E-state index contributed by atoms with van der Waals surface area (Å²) in [7, 11) is 0. The molecular formula is C14H20O2. The number of rotatable bonds is 4. The quantitative estimate of drug-likeness (QED) is 0.726. The number of ether oxygens (including phenoxy) is 2. The van der Waals surface area contributed by atoms with Crippen molar-refractivity contribution in [2.24, 2.45) is 5.41 Å². The summed E-state index contributed by atoms with van der Waals surface area (Å²) in [6.45, 7) is 9.51. The van der Waals surface area contributed by atoms with E-state index >= 15 is 0 Å². The van der Waals surface area contributed by atoms with Crippen molar-refractivity contribution in [3.05, 3.63) is 30.3 Å². The van der Waals surface area contributed by atoms with Crippen LogP contribution in [0.3, 0.4) is 0 Å². The molecule has 1 heterocycles. The van der Waals surface area contributed by atoms with Gasteiger partial charge in [0.25, 0.3) is 0 Å². The molecule has 1 aliphatic heterocycles. The third-order valence-corrected chi connectivity index (χ3v) is 3.81. The van der Waals surface area contributed by atoms with Crippen LogP contribution in [0.1, 0.15) is 27.7 Å². The van der Waals surface area contributed by atoms with Gasteiger partial charge in [-0.3, -0.25) is 0 Å². The van der Waals surface area contributed by atoms with Crippen LogP contribution in [0.25, 0.3) is 0 Å². The minimum Gasteiger partial charge on any atom is -0.487 e. The summed E-state index contributed by atoms with van der Waals surface area (Å²) in [6, 6.07) is 9.96. The van der Waals surface area contributed by atoms with E-state index < -0.39 is 0 Å². The second-order valence-electron chi connectivity index (χ2n) is 5.47. The first-order chi connectivity index (χ1) is 7.43. The van der Waals surface area contributed by atoms with Gasteiger partial charge in [-0.15, -0.1) is 0 Å². The molecule has 1 aromatic rings. The van der Waals surface area contributed by atoms with E-state index in [4.69, 9.17) is 9.47 Å². The zero-order valence-corrected chi connectivity index (χ0v) is 10.5. The summed E-state index contributed by atoms with van der Waals surface area (Å²) < 4.78 is 11.5. The monoisotopic (exact) mass is 220 g/mol. The van der Waals surface area contributed by atoms with Crippen LogP contribution < -0.4 is 4.74 Å². The van der Waals surface area contributed by atoms with Crippen molar-refractivity contribution >= 4 is 0 Å². The van der Waals surface area contributed by atoms with Gasteiger partial charge in [-0.05, 0) is 26.0 Å². The van der Waals surface area contributed by atoms with Crippen molar-refractivity contribution in [1.82, 2.24) is 0 Å². The van der Waals surface area contributed by atoms with Crippen LogP contribution in [-0.4, -0.2) is 18.3 Å². The van der Waals surface area contributed by atoms with E-state index in [1.807, 2.05) is 30.3 Å². The molecule has 1 saturated heterocycles. The molecule has 1 aromatic carbocycles.